The van der Waals surface area contributed by atoms with Crippen LogP contribution in [0.5, 0.6) is 0 Å². The van der Waals surface area contributed by atoms with Crippen molar-refractivity contribution < 1.29 is 4.79 Å². The van der Waals surface area contributed by atoms with Crippen LogP contribution in [0.4, 0.5) is 5.69 Å². The van der Waals surface area contributed by atoms with E-state index in [0.29, 0.717) is 6.42 Å². The predicted octanol–water partition coefficient (Wildman–Crippen LogP) is 4.02. The number of carbonyl (C=O) groups is 1. The molecule has 0 aliphatic carbocycles. The number of nitrogens with one attached hydrogen (secondary N) is 1. The van der Waals surface area contributed by atoms with Crippen LogP contribution in [0.25, 0.3) is 20.9 Å². The number of amides is 1. The molecule has 0 radical (unpaired) electrons. The lowest BCUT2D eigenvalue weighted by Crippen LogP contribution is -2.10. The number of nitrogens with zero attached hydrogens (tertiary/aromatic N) is 2. The van der Waals surface area contributed by atoms with Gasteiger partial charge in [-0.15, -0.1) is 0 Å². The third kappa shape index (κ3) is 2.78. The Bertz CT molecular complexity index is 777. The van der Waals surface area contributed by atoms with E-state index in [1.54, 1.807) is 17.5 Å². The fourth-order valence-corrected chi connectivity index (χ4v) is 2.97. The molecule has 5 heteroatoms. The van der Waals surface area contributed by atoms with Gasteiger partial charge in [0.25, 0.3) is 0 Å². The average molecular weight is 297 g/mol. The molecule has 2 heterocycles. The number of rotatable bonds is 3. The van der Waals surface area contributed by atoms with E-state index in [1.807, 2.05) is 44.2 Å². The second kappa shape index (κ2) is 5.61. The molecule has 1 aromatic carbocycles. The number of anilines is 1. The first-order valence-electron chi connectivity index (χ1n) is 6.80. The summed E-state index contributed by atoms with van der Waals surface area (Å²) >= 11 is 1.57. The van der Waals surface area contributed by atoms with Crippen molar-refractivity contribution in [1.29, 1.82) is 0 Å². The summed E-state index contributed by atoms with van der Waals surface area (Å²) in [6, 6.07) is 9.81. The van der Waals surface area contributed by atoms with Gasteiger partial charge in [0.1, 0.15) is 15.4 Å². The molecular formula is C16H15N3OS. The molecule has 0 spiro atoms. The van der Waals surface area contributed by atoms with Gasteiger partial charge in [0.15, 0.2) is 0 Å². The van der Waals surface area contributed by atoms with Gasteiger partial charge in [0.2, 0.25) is 5.91 Å². The van der Waals surface area contributed by atoms with Gasteiger partial charge in [0.05, 0.1) is 0 Å². The molecule has 0 aliphatic rings. The number of hydrogen-bond donors (Lipinski definition) is 1. The highest BCUT2D eigenvalue weighted by Crippen LogP contribution is 2.30. The van der Waals surface area contributed by atoms with E-state index in [9.17, 15) is 4.79 Å². The normalized spacial score (nSPS) is 10.8. The van der Waals surface area contributed by atoms with Crippen molar-refractivity contribution in [3.63, 3.8) is 0 Å². The Morgan fingerprint density at radius 2 is 2.19 bits per heavy atom. The summed E-state index contributed by atoms with van der Waals surface area (Å²) in [6.45, 7) is 3.83. The molecule has 0 saturated carbocycles. The summed E-state index contributed by atoms with van der Waals surface area (Å²) < 4.78 is 0. The van der Waals surface area contributed by atoms with Gasteiger partial charge < -0.3 is 5.32 Å². The minimum atomic E-state index is 0.0232. The van der Waals surface area contributed by atoms with Crippen molar-refractivity contribution in [2.75, 3.05) is 5.32 Å². The highest BCUT2D eigenvalue weighted by molar-refractivity contribution is 7.21. The molecule has 4 nitrogen and oxygen atoms in total. The van der Waals surface area contributed by atoms with Crippen molar-refractivity contribution in [2.45, 2.75) is 20.3 Å². The molecule has 1 amide bonds. The van der Waals surface area contributed by atoms with Crippen LogP contribution in [0.1, 0.15) is 18.9 Å². The van der Waals surface area contributed by atoms with E-state index < -0.39 is 0 Å². The smallest absolute Gasteiger partial charge is 0.224 e. The average Bonchev–Trinajstić information content (AvgIpc) is 2.93. The van der Waals surface area contributed by atoms with Crippen LogP contribution in [-0.4, -0.2) is 15.9 Å². The van der Waals surface area contributed by atoms with Gasteiger partial charge in [0, 0.05) is 23.9 Å². The first-order valence-corrected chi connectivity index (χ1v) is 7.61. The molecule has 1 N–H and O–H groups in total. The van der Waals surface area contributed by atoms with E-state index in [2.05, 4.69) is 15.3 Å². The second-order valence-electron chi connectivity index (χ2n) is 4.78. The third-order valence-corrected chi connectivity index (χ3v) is 4.26. The van der Waals surface area contributed by atoms with Gasteiger partial charge in [-0.2, -0.15) is 0 Å². The SMILES string of the molecule is CCC(=O)Nc1ccc(-c2nc3cccnc3s2)cc1C. The Hall–Kier alpha value is -2.27. The molecule has 3 aromatic rings. The maximum Gasteiger partial charge on any atom is 0.224 e. The number of aryl methyl sites for hydroxylation is 1. The first kappa shape index (κ1) is 13.7. The summed E-state index contributed by atoms with van der Waals surface area (Å²) in [6.07, 6.45) is 2.25. The first-order chi connectivity index (χ1) is 10.2. The molecule has 106 valence electrons. The monoisotopic (exact) mass is 297 g/mol. The van der Waals surface area contributed by atoms with E-state index in [-0.39, 0.29) is 5.91 Å². The van der Waals surface area contributed by atoms with Crippen LogP contribution in [0.2, 0.25) is 0 Å². The summed E-state index contributed by atoms with van der Waals surface area (Å²) in [5.41, 5.74) is 3.84. The number of thiazole rings is 1. The van der Waals surface area contributed by atoms with Gasteiger partial charge in [-0.3, -0.25) is 4.79 Å². The molecular weight excluding hydrogens is 282 g/mol. The van der Waals surface area contributed by atoms with Crippen LogP contribution in [0.3, 0.4) is 0 Å². The van der Waals surface area contributed by atoms with Gasteiger partial charge in [-0.25, -0.2) is 9.97 Å². The predicted molar refractivity (Wildman–Crippen MR) is 86.5 cm³/mol. The molecule has 0 unspecified atom stereocenters. The molecule has 0 atom stereocenters. The molecule has 21 heavy (non-hydrogen) atoms. The van der Waals surface area contributed by atoms with Crippen molar-refractivity contribution in [2.24, 2.45) is 0 Å². The summed E-state index contributed by atoms with van der Waals surface area (Å²) in [5, 5.41) is 3.84. The van der Waals surface area contributed by atoms with Crippen molar-refractivity contribution in [3.8, 4) is 10.6 Å². The maximum absolute atomic E-state index is 11.5. The standard InChI is InChI=1S/C16H15N3OS/c1-3-14(20)18-12-7-6-11(9-10(12)2)15-19-13-5-4-8-17-16(13)21-15/h4-9H,3H2,1-2H3,(H,18,20). The van der Waals surface area contributed by atoms with E-state index in [0.717, 1.165) is 32.2 Å². The lowest BCUT2D eigenvalue weighted by atomic mass is 10.1. The zero-order valence-electron chi connectivity index (χ0n) is 11.9. The number of hydrogen-bond acceptors (Lipinski definition) is 4. The number of aromatic nitrogens is 2. The summed E-state index contributed by atoms with van der Waals surface area (Å²) in [7, 11) is 0. The number of fused-ring (bicyclic) bond motifs is 1. The van der Waals surface area contributed by atoms with Crippen LogP contribution >= 0.6 is 11.3 Å². The second-order valence-corrected chi connectivity index (χ2v) is 5.76. The minimum absolute atomic E-state index is 0.0232. The lowest BCUT2D eigenvalue weighted by molar-refractivity contribution is -0.115. The van der Waals surface area contributed by atoms with Crippen LogP contribution in [0, 0.1) is 6.92 Å². The number of pyridine rings is 1. The molecule has 3 rings (SSSR count). The summed E-state index contributed by atoms with van der Waals surface area (Å²) in [5.74, 6) is 0.0232. The zero-order chi connectivity index (χ0) is 14.8. The Morgan fingerprint density at radius 1 is 1.33 bits per heavy atom. The van der Waals surface area contributed by atoms with Crippen LogP contribution < -0.4 is 5.32 Å². The minimum Gasteiger partial charge on any atom is -0.326 e. The fourth-order valence-electron chi connectivity index (χ4n) is 2.07. The Kier molecular flexibility index (Phi) is 3.66. The van der Waals surface area contributed by atoms with Gasteiger partial charge in [-0.1, -0.05) is 18.3 Å². The van der Waals surface area contributed by atoms with Crippen molar-refractivity contribution in [3.05, 3.63) is 42.1 Å². The quantitative estimate of drug-likeness (QED) is 0.794. The molecule has 0 saturated heterocycles. The van der Waals surface area contributed by atoms with Crippen LogP contribution in [-0.2, 0) is 4.79 Å². The van der Waals surface area contributed by atoms with E-state index in [4.69, 9.17) is 0 Å². The van der Waals surface area contributed by atoms with Gasteiger partial charge in [-0.05, 0) is 42.8 Å². The highest BCUT2D eigenvalue weighted by atomic mass is 32.1. The Balaban J connectivity index is 1.96. The van der Waals surface area contributed by atoms with Crippen molar-refractivity contribution in [1.82, 2.24) is 9.97 Å². The maximum atomic E-state index is 11.5. The Morgan fingerprint density at radius 3 is 2.90 bits per heavy atom. The zero-order valence-corrected chi connectivity index (χ0v) is 12.7. The highest BCUT2D eigenvalue weighted by Gasteiger charge is 2.09. The van der Waals surface area contributed by atoms with Crippen LogP contribution in [0.15, 0.2) is 36.5 Å². The number of carbonyl (C=O) groups excluding carboxylic acids is 1. The van der Waals surface area contributed by atoms with E-state index in [1.165, 1.54) is 0 Å². The molecule has 2 aromatic heterocycles. The summed E-state index contributed by atoms with van der Waals surface area (Å²) in [4.78, 5) is 21.3. The largest absolute Gasteiger partial charge is 0.326 e. The Labute approximate surface area is 126 Å². The lowest BCUT2D eigenvalue weighted by Gasteiger charge is -2.08. The topological polar surface area (TPSA) is 54.9 Å². The fraction of sp³-hybridized carbons (Fsp3) is 0.188. The molecule has 0 bridgehead atoms. The van der Waals surface area contributed by atoms with E-state index >= 15 is 0 Å². The third-order valence-electron chi connectivity index (χ3n) is 3.23. The van der Waals surface area contributed by atoms with Crippen molar-refractivity contribution >= 4 is 33.3 Å². The molecule has 0 fully saturated rings. The molecule has 0 aliphatic heterocycles. The number of benzene rings is 1. The van der Waals surface area contributed by atoms with Gasteiger partial charge >= 0.3 is 0 Å².